The summed E-state index contributed by atoms with van der Waals surface area (Å²) in [7, 11) is 5.06. The van der Waals surface area contributed by atoms with Crippen LogP contribution >= 0.6 is 15.9 Å². The highest BCUT2D eigenvalue weighted by Crippen LogP contribution is 2.05. The largest absolute Gasteiger partial charge is 0.303 e. The molecular weight excluding hydrogens is 227 g/mol. The lowest BCUT2D eigenvalue weighted by Gasteiger charge is -1.80. The van der Waals surface area contributed by atoms with Gasteiger partial charge in [0.25, 0.3) is 0 Å². The Morgan fingerprint density at radius 1 is 1.31 bits per heavy atom. The summed E-state index contributed by atoms with van der Waals surface area (Å²) in [6.07, 6.45) is 2.94. The molecule has 0 heterocycles. The van der Waals surface area contributed by atoms with Crippen molar-refractivity contribution in [3.63, 3.8) is 0 Å². The van der Waals surface area contributed by atoms with E-state index in [9.17, 15) is 4.79 Å². The van der Waals surface area contributed by atoms with Crippen LogP contribution in [0.15, 0.2) is 34.8 Å². The number of hydrogen-bond donors (Lipinski definition) is 0. The molecule has 0 unspecified atom stereocenters. The highest BCUT2D eigenvalue weighted by molar-refractivity contribution is 9.10. The van der Waals surface area contributed by atoms with Crippen LogP contribution in [0.25, 0.3) is 0 Å². The summed E-state index contributed by atoms with van der Waals surface area (Å²) in [5, 5.41) is 0. The van der Waals surface area contributed by atoms with Gasteiger partial charge in [-0.15, -0.1) is 0 Å². The monoisotopic (exact) mass is 238 g/mol. The van der Waals surface area contributed by atoms with Crippen LogP contribution in [0.3, 0.4) is 0 Å². The third kappa shape index (κ3) is 9.35. The van der Waals surface area contributed by atoms with Gasteiger partial charge in [0.1, 0.15) is 6.29 Å². The molecule has 0 aromatic heterocycles. The van der Waals surface area contributed by atoms with Gasteiger partial charge in [-0.1, -0.05) is 46.9 Å². The third-order valence-electron chi connectivity index (χ3n) is 1.26. The summed E-state index contributed by atoms with van der Waals surface area (Å²) >= 11 is 3.31. The minimum Gasteiger partial charge on any atom is -0.303 e. The fourth-order valence-electron chi connectivity index (χ4n) is 0.616. The molecule has 0 bridgehead atoms. The second kappa shape index (κ2) is 9.52. The van der Waals surface area contributed by atoms with E-state index in [2.05, 4.69) is 15.9 Å². The molecule has 0 aliphatic carbocycles. The zero-order valence-electron chi connectivity index (χ0n) is 7.45. The van der Waals surface area contributed by atoms with Gasteiger partial charge in [-0.25, -0.2) is 0 Å². The number of benzene rings is 1. The van der Waals surface area contributed by atoms with Crippen molar-refractivity contribution in [1.82, 2.24) is 0 Å². The van der Waals surface area contributed by atoms with Gasteiger partial charge in [0.05, 0.1) is 7.85 Å². The van der Waals surface area contributed by atoms with Crippen molar-refractivity contribution in [3.05, 3.63) is 34.8 Å². The van der Waals surface area contributed by atoms with Crippen molar-refractivity contribution in [2.75, 3.05) is 0 Å². The molecule has 1 nitrogen and oxygen atoms in total. The molecule has 0 aliphatic rings. The zero-order valence-corrected chi connectivity index (χ0v) is 9.03. The number of carbonyl (C=O) groups excluding carboxylic acids is 1. The van der Waals surface area contributed by atoms with Crippen LogP contribution in [0, 0.1) is 0 Å². The Labute approximate surface area is 89.1 Å². The minimum atomic E-state index is 0.608. The minimum absolute atomic E-state index is 0.608. The number of aldehydes is 1. The number of unbranched alkanes of at least 4 members (excludes halogenated alkanes) is 1. The lowest BCUT2D eigenvalue weighted by molar-refractivity contribution is -0.107. The normalized spacial score (nSPS) is 8.38. The standard InChI is InChI=1S/C6H5Br.C4H7BO/c7-6-4-2-1-3-5-6;5-3-1-2-4-6/h1-5H;4H,1-3H2. The molecule has 0 saturated carbocycles. The average molecular weight is 239 g/mol. The van der Waals surface area contributed by atoms with Gasteiger partial charge in [0.15, 0.2) is 0 Å². The SMILES string of the molecule is Brc1ccccc1.[B]CCCC=O. The van der Waals surface area contributed by atoms with Crippen LogP contribution < -0.4 is 0 Å². The molecule has 0 saturated heterocycles. The van der Waals surface area contributed by atoms with E-state index < -0.39 is 0 Å². The van der Waals surface area contributed by atoms with Crippen LogP contribution in [0.1, 0.15) is 12.8 Å². The van der Waals surface area contributed by atoms with Crippen molar-refractivity contribution in [2.24, 2.45) is 0 Å². The first-order valence-electron chi connectivity index (χ1n) is 4.15. The van der Waals surface area contributed by atoms with Crippen molar-refractivity contribution in [2.45, 2.75) is 19.2 Å². The Kier molecular flexibility index (Phi) is 9.11. The topological polar surface area (TPSA) is 17.1 Å². The van der Waals surface area contributed by atoms with Crippen LogP contribution in [-0.4, -0.2) is 14.1 Å². The molecule has 0 amide bonds. The molecule has 13 heavy (non-hydrogen) atoms. The highest BCUT2D eigenvalue weighted by Gasteiger charge is 1.75. The Morgan fingerprint density at radius 3 is 2.15 bits per heavy atom. The fourth-order valence-corrected chi connectivity index (χ4v) is 0.921. The van der Waals surface area contributed by atoms with Crippen molar-refractivity contribution in [3.8, 4) is 0 Å². The first kappa shape index (κ1) is 12.4. The van der Waals surface area contributed by atoms with E-state index in [1.165, 1.54) is 0 Å². The number of hydrogen-bond acceptors (Lipinski definition) is 1. The molecule has 3 heteroatoms. The van der Waals surface area contributed by atoms with Crippen molar-refractivity contribution < 1.29 is 4.79 Å². The number of halogens is 1. The van der Waals surface area contributed by atoms with E-state index in [1.54, 1.807) is 0 Å². The Bertz CT molecular complexity index is 213. The van der Waals surface area contributed by atoms with Gasteiger partial charge in [0, 0.05) is 10.9 Å². The molecule has 0 N–H and O–H groups in total. The van der Waals surface area contributed by atoms with Gasteiger partial charge in [-0.2, -0.15) is 0 Å². The quantitative estimate of drug-likeness (QED) is 0.450. The predicted octanol–water partition coefficient (Wildman–Crippen LogP) is 3.00. The molecule has 0 spiro atoms. The van der Waals surface area contributed by atoms with Gasteiger partial charge in [0.2, 0.25) is 0 Å². The summed E-state index contributed by atoms with van der Waals surface area (Å²) in [6, 6.07) is 9.97. The van der Waals surface area contributed by atoms with Crippen LogP contribution in [0.5, 0.6) is 0 Å². The van der Waals surface area contributed by atoms with Crippen molar-refractivity contribution >= 4 is 30.1 Å². The Morgan fingerprint density at radius 2 is 1.92 bits per heavy atom. The van der Waals surface area contributed by atoms with Gasteiger partial charge in [-0.3, -0.25) is 0 Å². The van der Waals surface area contributed by atoms with Crippen LogP contribution in [0.4, 0.5) is 0 Å². The maximum absolute atomic E-state index is 9.51. The first-order valence-corrected chi connectivity index (χ1v) is 4.94. The van der Waals surface area contributed by atoms with E-state index in [4.69, 9.17) is 7.85 Å². The molecule has 1 aromatic carbocycles. The zero-order chi connectivity index (χ0) is 9.94. The lowest BCUT2D eigenvalue weighted by Crippen LogP contribution is -1.72. The molecule has 0 aliphatic heterocycles. The molecule has 2 radical (unpaired) electrons. The summed E-state index contributed by atoms with van der Waals surface area (Å²) in [5.74, 6) is 0. The third-order valence-corrected chi connectivity index (χ3v) is 1.79. The highest BCUT2D eigenvalue weighted by atomic mass is 79.9. The second-order valence-corrected chi connectivity index (χ2v) is 3.31. The second-order valence-electron chi connectivity index (χ2n) is 2.39. The van der Waals surface area contributed by atoms with E-state index in [0.717, 1.165) is 17.2 Å². The summed E-state index contributed by atoms with van der Waals surface area (Å²) in [5.41, 5.74) is 0. The van der Waals surface area contributed by atoms with Crippen LogP contribution in [-0.2, 0) is 4.79 Å². The number of carbonyl (C=O) groups is 1. The summed E-state index contributed by atoms with van der Waals surface area (Å²) in [6.45, 7) is 0. The molecule has 1 rings (SSSR count). The predicted molar refractivity (Wildman–Crippen MR) is 60.0 cm³/mol. The number of rotatable bonds is 3. The smallest absolute Gasteiger partial charge is 0.119 e. The fraction of sp³-hybridized carbons (Fsp3) is 0.300. The lowest BCUT2D eigenvalue weighted by atomic mass is 10.0. The molecule has 0 atom stereocenters. The summed E-state index contributed by atoms with van der Waals surface area (Å²) in [4.78, 5) is 9.51. The molecule has 0 fully saturated rings. The van der Waals surface area contributed by atoms with Crippen molar-refractivity contribution in [1.29, 1.82) is 0 Å². The molecule has 1 aromatic rings. The van der Waals surface area contributed by atoms with E-state index >= 15 is 0 Å². The van der Waals surface area contributed by atoms with E-state index in [-0.39, 0.29) is 0 Å². The average Bonchev–Trinajstić information content (AvgIpc) is 2.17. The van der Waals surface area contributed by atoms with Crippen LogP contribution in [0.2, 0.25) is 6.32 Å². The Balaban J connectivity index is 0.000000226. The first-order chi connectivity index (χ1) is 6.31. The van der Waals surface area contributed by atoms with E-state index in [0.29, 0.717) is 12.7 Å². The molecule has 68 valence electrons. The maximum atomic E-state index is 9.51. The van der Waals surface area contributed by atoms with Gasteiger partial charge in [-0.05, 0) is 12.1 Å². The Hall–Kier alpha value is -0.565. The maximum Gasteiger partial charge on any atom is 0.119 e. The van der Waals surface area contributed by atoms with Gasteiger partial charge >= 0.3 is 0 Å². The van der Waals surface area contributed by atoms with E-state index in [1.807, 2.05) is 30.3 Å². The van der Waals surface area contributed by atoms with Gasteiger partial charge < -0.3 is 4.79 Å². The summed E-state index contributed by atoms with van der Waals surface area (Å²) < 4.78 is 1.13. The molecular formula is C10H12BBrO.